The van der Waals surface area contributed by atoms with E-state index in [1.54, 1.807) is 43.2 Å². The highest BCUT2D eigenvalue weighted by molar-refractivity contribution is 8.78. The van der Waals surface area contributed by atoms with Gasteiger partial charge in [-0.05, 0) is 12.1 Å². The van der Waals surface area contributed by atoms with Crippen LogP contribution in [-0.4, -0.2) is 9.49 Å². The van der Waals surface area contributed by atoms with E-state index in [1.807, 2.05) is 12.1 Å². The van der Waals surface area contributed by atoms with E-state index in [9.17, 15) is 10.5 Å². The van der Waals surface area contributed by atoms with E-state index < -0.39 is 0 Å². The molecule has 0 amide bonds. The van der Waals surface area contributed by atoms with Crippen molar-refractivity contribution in [2.45, 2.75) is 60.8 Å². The average molecular weight is 369 g/mol. The monoisotopic (exact) mass is 368 g/mol. The largest absolute Gasteiger partial charge is 0.192 e. The maximum atomic E-state index is 9.22. The quantitative estimate of drug-likeness (QED) is 0.565. The number of rotatable bonds is 4. The van der Waals surface area contributed by atoms with Crippen LogP contribution in [-0.2, 0) is 0 Å². The summed E-state index contributed by atoms with van der Waals surface area (Å²) >= 11 is 0. The van der Waals surface area contributed by atoms with Gasteiger partial charge >= 0.3 is 0 Å². The molecular weight excluding hydrogens is 348 g/mol. The minimum atomic E-state index is 0.129. The van der Waals surface area contributed by atoms with Crippen LogP contribution >= 0.6 is 43.2 Å². The van der Waals surface area contributed by atoms with Crippen molar-refractivity contribution in [3.05, 3.63) is 23.3 Å². The molecule has 0 spiro atoms. The number of hydrogen-bond acceptors (Lipinski definition) is 6. The van der Waals surface area contributed by atoms with Gasteiger partial charge in [-0.2, -0.15) is 10.5 Å². The van der Waals surface area contributed by atoms with E-state index in [2.05, 4.69) is 53.7 Å². The Morgan fingerprint density at radius 1 is 0.727 bits per heavy atom. The lowest BCUT2D eigenvalue weighted by Gasteiger charge is -2.20. The Kier molecular flexibility index (Phi) is 7.08. The van der Waals surface area contributed by atoms with E-state index in [0.29, 0.717) is 11.1 Å². The first-order valence-corrected chi connectivity index (χ1v) is 11.1. The third-order valence-corrected chi connectivity index (χ3v) is 9.00. The maximum absolute atomic E-state index is 9.22. The van der Waals surface area contributed by atoms with Gasteiger partial charge in [-0.15, -0.1) is 0 Å². The molecule has 0 saturated heterocycles. The van der Waals surface area contributed by atoms with E-state index in [4.69, 9.17) is 0 Å². The third kappa shape index (κ3) is 6.79. The molecule has 2 nitrogen and oxygen atoms in total. The molecule has 1 rings (SSSR count). The number of hydrogen-bond donors (Lipinski definition) is 0. The average Bonchev–Trinajstić information content (AvgIpc) is 2.40. The van der Waals surface area contributed by atoms with E-state index >= 15 is 0 Å². The second-order valence-corrected chi connectivity index (χ2v) is 12.6. The summed E-state index contributed by atoms with van der Waals surface area (Å²) in [4.78, 5) is 2.11. The van der Waals surface area contributed by atoms with E-state index in [1.165, 1.54) is 0 Å². The summed E-state index contributed by atoms with van der Waals surface area (Å²) in [5, 5.41) is 18.4. The smallest absolute Gasteiger partial charge is 0.101 e. The highest BCUT2D eigenvalue weighted by atomic mass is 33.1. The van der Waals surface area contributed by atoms with Crippen molar-refractivity contribution in [1.29, 1.82) is 10.5 Å². The molecule has 0 aromatic heterocycles. The van der Waals surface area contributed by atoms with Gasteiger partial charge < -0.3 is 0 Å². The predicted molar refractivity (Wildman–Crippen MR) is 102 cm³/mol. The van der Waals surface area contributed by atoms with Gasteiger partial charge in [-0.25, -0.2) is 0 Å². The summed E-state index contributed by atoms with van der Waals surface area (Å²) in [5.41, 5.74) is 0.897. The maximum Gasteiger partial charge on any atom is 0.101 e. The second-order valence-electron chi connectivity index (χ2n) is 6.63. The molecule has 1 aromatic rings. The molecule has 1 aromatic carbocycles. The molecule has 0 bridgehead atoms. The molecule has 0 aliphatic rings. The summed E-state index contributed by atoms with van der Waals surface area (Å²) in [6.07, 6.45) is 0. The van der Waals surface area contributed by atoms with Crippen LogP contribution in [0, 0.1) is 22.7 Å². The summed E-state index contributed by atoms with van der Waals surface area (Å²) in [6.45, 7) is 13.0. The third-order valence-electron chi connectivity index (χ3n) is 2.09. The van der Waals surface area contributed by atoms with Gasteiger partial charge in [0, 0.05) is 19.3 Å². The highest BCUT2D eigenvalue weighted by Gasteiger charge is 2.18. The fourth-order valence-electron chi connectivity index (χ4n) is 1.21. The summed E-state index contributed by atoms with van der Waals surface area (Å²) in [5.74, 6) is 0. The van der Waals surface area contributed by atoms with Crippen LogP contribution in [0.4, 0.5) is 0 Å². The molecule has 0 unspecified atom stereocenters. The molecule has 0 atom stereocenters. The molecule has 118 valence electrons. The lowest BCUT2D eigenvalue weighted by molar-refractivity contribution is 0.810. The van der Waals surface area contributed by atoms with Crippen molar-refractivity contribution in [3.63, 3.8) is 0 Å². The first-order chi connectivity index (χ1) is 10.1. The minimum absolute atomic E-state index is 0.129. The zero-order valence-corrected chi connectivity index (χ0v) is 16.9. The van der Waals surface area contributed by atoms with Crippen LogP contribution in [0.5, 0.6) is 0 Å². The van der Waals surface area contributed by atoms with Gasteiger partial charge in [0.2, 0.25) is 0 Å². The lowest BCUT2D eigenvalue weighted by atomic mass is 10.1. The first kappa shape index (κ1) is 19.6. The predicted octanol–water partition coefficient (Wildman–Crippen LogP) is 6.51. The molecule has 0 heterocycles. The molecule has 0 aliphatic carbocycles. The molecule has 0 fully saturated rings. The Labute approximate surface area is 149 Å². The normalized spacial score (nSPS) is 11.8. The van der Waals surface area contributed by atoms with E-state index in [0.717, 1.165) is 9.79 Å². The van der Waals surface area contributed by atoms with E-state index in [-0.39, 0.29) is 9.49 Å². The topological polar surface area (TPSA) is 47.6 Å². The molecular formula is C16H20N2S4. The number of nitriles is 2. The van der Waals surface area contributed by atoms with Crippen molar-refractivity contribution in [2.24, 2.45) is 0 Å². The molecule has 0 saturated carbocycles. The van der Waals surface area contributed by atoms with Gasteiger partial charge in [0.05, 0.1) is 11.1 Å². The lowest BCUT2D eigenvalue weighted by Crippen LogP contribution is -2.05. The van der Waals surface area contributed by atoms with Gasteiger partial charge in [0.1, 0.15) is 12.1 Å². The van der Waals surface area contributed by atoms with Crippen LogP contribution in [0.15, 0.2) is 21.9 Å². The summed E-state index contributed by atoms with van der Waals surface area (Å²) < 4.78 is 0.259. The fraction of sp³-hybridized carbons (Fsp3) is 0.500. The molecule has 0 radical (unpaired) electrons. The van der Waals surface area contributed by atoms with Crippen LogP contribution in [0.3, 0.4) is 0 Å². The number of nitrogens with zero attached hydrogens (tertiary/aromatic N) is 2. The Hall–Kier alpha value is -0.400. The van der Waals surface area contributed by atoms with Crippen molar-refractivity contribution in [1.82, 2.24) is 0 Å². The van der Waals surface area contributed by atoms with Crippen molar-refractivity contribution in [3.8, 4) is 12.1 Å². The molecule has 0 N–H and O–H groups in total. The van der Waals surface area contributed by atoms with Gasteiger partial charge in [0.15, 0.2) is 0 Å². The van der Waals surface area contributed by atoms with Crippen LogP contribution in [0.1, 0.15) is 52.7 Å². The van der Waals surface area contributed by atoms with Crippen molar-refractivity contribution >= 4 is 43.2 Å². The van der Waals surface area contributed by atoms with Crippen molar-refractivity contribution < 1.29 is 0 Å². The molecule has 0 aliphatic heterocycles. The number of benzene rings is 1. The van der Waals surface area contributed by atoms with Crippen LogP contribution in [0.25, 0.3) is 0 Å². The first-order valence-electron chi connectivity index (χ1n) is 6.75. The Morgan fingerprint density at radius 2 is 1.05 bits per heavy atom. The Morgan fingerprint density at radius 3 is 1.27 bits per heavy atom. The highest BCUT2D eigenvalue weighted by Crippen LogP contribution is 2.49. The standard InChI is InChI=1S/C16H20N2S4/c1-15(2,3)21-19-13-7-11(9-17)12(10-18)8-14(13)20-22-16(4,5)6/h7-8H,1-6H3. The molecule has 6 heteroatoms. The van der Waals surface area contributed by atoms with Crippen LogP contribution in [0.2, 0.25) is 0 Å². The minimum Gasteiger partial charge on any atom is -0.192 e. The zero-order chi connectivity index (χ0) is 17.0. The van der Waals surface area contributed by atoms with Gasteiger partial charge in [0.25, 0.3) is 0 Å². The second kappa shape index (κ2) is 7.93. The fourth-order valence-corrected chi connectivity index (χ4v) is 5.94. The summed E-state index contributed by atoms with van der Waals surface area (Å²) in [7, 11) is 6.89. The van der Waals surface area contributed by atoms with Crippen molar-refractivity contribution in [2.75, 3.05) is 0 Å². The molecule has 22 heavy (non-hydrogen) atoms. The Balaban J connectivity index is 3.14. The van der Waals surface area contributed by atoms with Gasteiger partial charge in [-0.3, -0.25) is 0 Å². The zero-order valence-electron chi connectivity index (χ0n) is 13.7. The van der Waals surface area contributed by atoms with Crippen LogP contribution < -0.4 is 0 Å². The SMILES string of the molecule is CC(C)(C)SSc1cc(C#N)c(C#N)cc1SSC(C)(C)C. The Bertz CT molecular complexity index is 558. The van der Waals surface area contributed by atoms with Gasteiger partial charge in [-0.1, -0.05) is 84.7 Å². The summed E-state index contributed by atoms with van der Waals surface area (Å²) in [6, 6.07) is 7.93.